The van der Waals surface area contributed by atoms with Crippen molar-refractivity contribution in [3.63, 3.8) is 0 Å². The number of hydrogen-bond donors (Lipinski definition) is 1. The second-order valence-corrected chi connectivity index (χ2v) is 5.30. The van der Waals surface area contributed by atoms with Crippen molar-refractivity contribution in [1.82, 2.24) is 9.97 Å². The summed E-state index contributed by atoms with van der Waals surface area (Å²) in [6, 6.07) is 5.44. The van der Waals surface area contributed by atoms with Crippen molar-refractivity contribution in [3.8, 4) is 0 Å². The molecule has 1 N–H and O–H groups in total. The van der Waals surface area contributed by atoms with Crippen molar-refractivity contribution < 1.29 is 9.53 Å². The van der Waals surface area contributed by atoms with Crippen LogP contribution in [0, 0.1) is 0 Å². The Morgan fingerprint density at radius 3 is 3.00 bits per heavy atom. The van der Waals surface area contributed by atoms with Crippen molar-refractivity contribution in [2.45, 2.75) is 10.9 Å². The number of nitrogens with zero attached hydrogens (tertiary/aromatic N) is 1. The summed E-state index contributed by atoms with van der Waals surface area (Å²) in [6.45, 7) is 0. The highest BCUT2D eigenvalue weighted by molar-refractivity contribution is 9.10. The monoisotopic (exact) mass is 326 g/mol. The van der Waals surface area contributed by atoms with Crippen LogP contribution < -0.4 is 0 Å². The number of hydrogen-bond acceptors (Lipinski definition) is 4. The fourth-order valence-electron chi connectivity index (χ4n) is 1.39. The molecule has 0 spiro atoms. The van der Waals surface area contributed by atoms with Crippen molar-refractivity contribution >= 4 is 33.7 Å². The SMILES string of the molecule is COC(=O)c1ccc(CSc2ncc[nH]2)c(Br)c1. The van der Waals surface area contributed by atoms with Gasteiger partial charge in [-0.25, -0.2) is 9.78 Å². The maximum absolute atomic E-state index is 11.4. The first-order valence-corrected chi connectivity index (χ1v) is 6.97. The average molecular weight is 327 g/mol. The smallest absolute Gasteiger partial charge is 0.337 e. The highest BCUT2D eigenvalue weighted by atomic mass is 79.9. The average Bonchev–Trinajstić information content (AvgIpc) is 2.89. The molecule has 0 unspecified atom stereocenters. The fourth-order valence-corrected chi connectivity index (χ4v) is 2.92. The van der Waals surface area contributed by atoms with Crippen LogP contribution in [-0.4, -0.2) is 23.0 Å². The van der Waals surface area contributed by atoms with Crippen LogP contribution >= 0.6 is 27.7 Å². The molecule has 0 amide bonds. The van der Waals surface area contributed by atoms with Crippen molar-refractivity contribution in [3.05, 3.63) is 46.2 Å². The zero-order valence-corrected chi connectivity index (χ0v) is 12.0. The Bertz CT molecular complexity index is 543. The Morgan fingerprint density at radius 1 is 1.56 bits per heavy atom. The number of aromatic nitrogens is 2. The second-order valence-electron chi connectivity index (χ2n) is 3.48. The van der Waals surface area contributed by atoms with Gasteiger partial charge in [0.25, 0.3) is 0 Å². The van der Waals surface area contributed by atoms with Gasteiger partial charge in [-0.2, -0.15) is 0 Å². The van der Waals surface area contributed by atoms with E-state index in [0.29, 0.717) is 5.56 Å². The van der Waals surface area contributed by atoms with E-state index in [4.69, 9.17) is 0 Å². The molecule has 0 fully saturated rings. The molecule has 18 heavy (non-hydrogen) atoms. The largest absolute Gasteiger partial charge is 0.465 e. The number of ether oxygens (including phenoxy) is 1. The van der Waals surface area contributed by atoms with Gasteiger partial charge in [-0.15, -0.1) is 0 Å². The highest BCUT2D eigenvalue weighted by Crippen LogP contribution is 2.26. The van der Waals surface area contributed by atoms with Crippen LogP contribution in [0.5, 0.6) is 0 Å². The predicted molar refractivity (Wildman–Crippen MR) is 73.6 cm³/mol. The van der Waals surface area contributed by atoms with Crippen molar-refractivity contribution in [1.29, 1.82) is 0 Å². The first-order chi connectivity index (χ1) is 8.70. The molecule has 0 saturated heterocycles. The van der Waals surface area contributed by atoms with Gasteiger partial charge in [0.2, 0.25) is 0 Å². The molecule has 0 aliphatic carbocycles. The minimum atomic E-state index is -0.332. The lowest BCUT2D eigenvalue weighted by Gasteiger charge is -2.05. The van der Waals surface area contributed by atoms with Gasteiger partial charge >= 0.3 is 5.97 Å². The van der Waals surface area contributed by atoms with Crippen LogP contribution in [0.1, 0.15) is 15.9 Å². The molecule has 6 heteroatoms. The summed E-state index contributed by atoms with van der Waals surface area (Å²) in [4.78, 5) is 18.5. The number of rotatable bonds is 4. The summed E-state index contributed by atoms with van der Waals surface area (Å²) in [5, 5.41) is 0.874. The van der Waals surface area contributed by atoms with Gasteiger partial charge in [-0.1, -0.05) is 33.8 Å². The van der Waals surface area contributed by atoms with Gasteiger partial charge in [0.05, 0.1) is 12.7 Å². The highest BCUT2D eigenvalue weighted by Gasteiger charge is 2.09. The number of nitrogens with one attached hydrogen (secondary N) is 1. The first kappa shape index (κ1) is 13.2. The summed E-state index contributed by atoms with van der Waals surface area (Å²) >= 11 is 5.06. The molecule has 1 heterocycles. The molecular formula is C12H11BrN2O2S. The topological polar surface area (TPSA) is 55.0 Å². The Morgan fingerprint density at radius 2 is 2.39 bits per heavy atom. The van der Waals surface area contributed by atoms with E-state index in [2.05, 4.69) is 30.6 Å². The molecule has 0 aliphatic rings. The Kier molecular flexibility index (Phi) is 4.43. The normalized spacial score (nSPS) is 10.3. The Hall–Kier alpha value is -1.27. The fraction of sp³-hybridized carbons (Fsp3) is 0.167. The number of carbonyl (C=O) groups excluding carboxylic acids is 1. The van der Waals surface area contributed by atoms with Crippen LogP contribution in [0.3, 0.4) is 0 Å². The summed E-state index contributed by atoms with van der Waals surface area (Å²) in [7, 11) is 1.37. The number of carbonyl (C=O) groups is 1. The van der Waals surface area contributed by atoms with Crippen LogP contribution in [0.4, 0.5) is 0 Å². The predicted octanol–water partition coefficient (Wildman–Crippen LogP) is 3.25. The molecule has 1 aromatic heterocycles. The van der Waals surface area contributed by atoms with Gasteiger partial charge in [0.15, 0.2) is 5.16 Å². The summed E-state index contributed by atoms with van der Waals surface area (Å²) in [5.41, 5.74) is 1.64. The van der Waals surface area contributed by atoms with E-state index in [0.717, 1.165) is 20.9 Å². The molecule has 0 atom stereocenters. The number of esters is 1. The van der Waals surface area contributed by atoms with Gasteiger partial charge in [-0.05, 0) is 17.7 Å². The number of H-pyrrole nitrogens is 1. The maximum atomic E-state index is 11.4. The third-order valence-corrected chi connectivity index (χ3v) is 4.00. The van der Waals surface area contributed by atoms with E-state index >= 15 is 0 Å². The van der Waals surface area contributed by atoms with Crippen molar-refractivity contribution in [2.75, 3.05) is 7.11 Å². The second kappa shape index (κ2) is 6.06. The molecule has 2 aromatic rings. The van der Waals surface area contributed by atoms with Crippen LogP contribution in [-0.2, 0) is 10.5 Å². The lowest BCUT2D eigenvalue weighted by molar-refractivity contribution is 0.0600. The van der Waals surface area contributed by atoms with E-state index in [-0.39, 0.29) is 5.97 Å². The quantitative estimate of drug-likeness (QED) is 0.692. The molecule has 0 aliphatic heterocycles. The van der Waals surface area contributed by atoms with Crippen molar-refractivity contribution in [2.24, 2.45) is 0 Å². The summed E-state index contributed by atoms with van der Waals surface area (Å²) in [5.74, 6) is 0.441. The molecule has 0 bridgehead atoms. The lowest BCUT2D eigenvalue weighted by Crippen LogP contribution is -2.01. The summed E-state index contributed by atoms with van der Waals surface area (Å²) in [6.07, 6.45) is 3.51. The third kappa shape index (κ3) is 3.14. The zero-order valence-electron chi connectivity index (χ0n) is 9.64. The molecule has 0 saturated carbocycles. The van der Waals surface area contributed by atoms with E-state index in [9.17, 15) is 4.79 Å². The van der Waals surface area contributed by atoms with E-state index < -0.39 is 0 Å². The molecule has 0 radical (unpaired) electrons. The number of aromatic amines is 1. The first-order valence-electron chi connectivity index (χ1n) is 5.19. The molecule has 1 aromatic carbocycles. The minimum Gasteiger partial charge on any atom is -0.465 e. The standard InChI is InChI=1S/C12H11BrN2O2S/c1-17-11(16)8-2-3-9(10(13)6-8)7-18-12-14-4-5-15-12/h2-6H,7H2,1H3,(H,14,15). The zero-order chi connectivity index (χ0) is 13.0. The lowest BCUT2D eigenvalue weighted by atomic mass is 10.1. The van der Waals surface area contributed by atoms with E-state index in [1.54, 1.807) is 36.3 Å². The number of halogens is 1. The molecule has 94 valence electrons. The molecule has 2 rings (SSSR count). The van der Waals surface area contributed by atoms with Gasteiger partial charge < -0.3 is 9.72 Å². The number of thioether (sulfide) groups is 1. The van der Waals surface area contributed by atoms with Gasteiger partial charge in [-0.3, -0.25) is 0 Å². The van der Waals surface area contributed by atoms with Gasteiger partial charge in [0.1, 0.15) is 0 Å². The number of benzene rings is 1. The minimum absolute atomic E-state index is 0.332. The molecular weight excluding hydrogens is 316 g/mol. The van der Waals surface area contributed by atoms with Crippen LogP contribution in [0.2, 0.25) is 0 Å². The third-order valence-electron chi connectivity index (χ3n) is 2.31. The summed E-state index contributed by atoms with van der Waals surface area (Å²) < 4.78 is 5.56. The van der Waals surface area contributed by atoms with E-state index in [1.165, 1.54) is 7.11 Å². The maximum Gasteiger partial charge on any atom is 0.337 e. The number of imidazole rings is 1. The van der Waals surface area contributed by atoms with E-state index in [1.807, 2.05) is 6.07 Å². The Labute approximate surface area is 117 Å². The van der Waals surface area contributed by atoms with Gasteiger partial charge in [0, 0.05) is 22.6 Å². The Balaban J connectivity index is 2.08. The van der Waals surface area contributed by atoms with Crippen LogP contribution in [0.25, 0.3) is 0 Å². The number of methoxy groups -OCH3 is 1. The molecule has 4 nitrogen and oxygen atoms in total. The van der Waals surface area contributed by atoms with Crippen LogP contribution in [0.15, 0.2) is 40.2 Å².